The van der Waals surface area contributed by atoms with Gasteiger partial charge in [-0.3, -0.25) is 9.59 Å². The first-order valence-corrected chi connectivity index (χ1v) is 24.5. The van der Waals surface area contributed by atoms with Crippen molar-refractivity contribution in [1.82, 2.24) is 0 Å². The maximum atomic E-state index is 15.0. The lowest BCUT2D eigenvalue weighted by atomic mass is 9.33. The van der Waals surface area contributed by atoms with Crippen LogP contribution in [0, 0.1) is 50.2 Å². The number of aliphatic hydroxyl groups excluding tert-OH is 11. The number of allylic oxidation sites excluding steroid dienone is 2. The second kappa shape index (κ2) is 18.5. The zero-order valence-electron chi connectivity index (χ0n) is 39.9. The Hall–Kier alpha value is -1.96. The number of aliphatic hydroxyl groups is 11. The van der Waals surface area contributed by atoms with Gasteiger partial charge in [0.15, 0.2) is 12.6 Å². The smallest absolute Gasteiger partial charge is 0.315 e. The monoisotopic (exact) mass is 972 g/mol. The lowest BCUT2D eigenvalue weighted by molar-refractivity contribution is -0.361. The molecule has 20 nitrogen and oxygen atoms in total. The average Bonchev–Trinajstić information content (AvgIpc) is 3.30. The number of ether oxygens (including phenoxy) is 6. The van der Waals surface area contributed by atoms with Crippen LogP contribution in [0.15, 0.2) is 11.6 Å². The van der Waals surface area contributed by atoms with E-state index in [1.165, 1.54) is 6.92 Å². The number of fused-ring (bicyclic) bond motifs is 7. The third-order valence-electron chi connectivity index (χ3n) is 19.7. The minimum Gasteiger partial charge on any atom is -0.481 e. The van der Waals surface area contributed by atoms with Crippen LogP contribution in [-0.2, 0) is 38.0 Å². The molecular formula is C48H76O20. The van der Waals surface area contributed by atoms with Crippen molar-refractivity contribution in [3.05, 3.63) is 11.6 Å². The van der Waals surface area contributed by atoms with Crippen molar-refractivity contribution >= 4 is 11.9 Å². The predicted molar refractivity (Wildman–Crippen MR) is 232 cm³/mol. The second-order valence-electron chi connectivity index (χ2n) is 23.0. The van der Waals surface area contributed by atoms with Crippen LogP contribution in [0.2, 0.25) is 0 Å². The molecule has 5 aliphatic carbocycles. The lowest BCUT2D eigenvalue weighted by Gasteiger charge is -2.71. The summed E-state index contributed by atoms with van der Waals surface area (Å²) < 4.78 is 34.5. The average molecular weight is 973 g/mol. The fraction of sp³-hybridized carbons (Fsp3) is 0.917. The molecule has 0 bridgehead atoms. The van der Waals surface area contributed by atoms with E-state index in [4.69, 9.17) is 28.4 Å². The number of carboxylic acids is 1. The number of carbonyl (C=O) groups is 2. The first-order valence-electron chi connectivity index (χ1n) is 24.5. The Kier molecular flexibility index (Phi) is 14.3. The van der Waals surface area contributed by atoms with Crippen LogP contribution in [0.3, 0.4) is 0 Å². The van der Waals surface area contributed by atoms with Gasteiger partial charge < -0.3 is 89.7 Å². The van der Waals surface area contributed by atoms with E-state index in [2.05, 4.69) is 26.8 Å². The Morgan fingerprint density at radius 3 is 1.99 bits per heavy atom. The van der Waals surface area contributed by atoms with Gasteiger partial charge in [-0.2, -0.15) is 0 Å². The summed E-state index contributed by atoms with van der Waals surface area (Å²) in [6.07, 6.45) is -18.3. The Bertz CT molecular complexity index is 1900. The Morgan fingerprint density at radius 2 is 1.32 bits per heavy atom. The topological polar surface area (TPSA) is 332 Å². The van der Waals surface area contributed by atoms with Crippen molar-refractivity contribution in [3.63, 3.8) is 0 Å². The first kappa shape index (κ1) is 52.4. The summed E-state index contributed by atoms with van der Waals surface area (Å²) in [5.74, 6) is -2.03. The molecule has 0 aromatic heterocycles. The fourth-order valence-electron chi connectivity index (χ4n) is 14.9. The van der Waals surface area contributed by atoms with Crippen LogP contribution in [-0.4, -0.2) is 191 Å². The SMILES string of the molecule is C[C@@H]1O[C@H](O[C@@H]2[C@@H](O)[C@H](O)[C@@H](OC[C@@H]3O[C@H](OC(=O)[C@@]45CC[C@](C)(C(=O)O)C[C@H]4C4=CC[C@H]6[C@]7(C)CC[C@@H](O)[C@](C)(CO)[C@H]7CC[C@@]6(C)[C@@]4(C)CC5)[C@@H](O)[C@H](O)[C@H]3O)O[C@H]2CO)[C@@H](O)[C@H](O)[C@H]1O. The zero-order chi connectivity index (χ0) is 49.8. The summed E-state index contributed by atoms with van der Waals surface area (Å²) in [4.78, 5) is 27.9. The maximum absolute atomic E-state index is 15.0. The Labute approximate surface area is 396 Å². The van der Waals surface area contributed by atoms with Gasteiger partial charge in [-0.15, -0.1) is 0 Å². The van der Waals surface area contributed by atoms with E-state index in [9.17, 15) is 70.9 Å². The molecular weight excluding hydrogens is 897 g/mol. The summed E-state index contributed by atoms with van der Waals surface area (Å²) >= 11 is 0. The van der Waals surface area contributed by atoms with Crippen LogP contribution in [0.1, 0.15) is 106 Å². The highest BCUT2D eigenvalue weighted by atomic mass is 16.8. The molecule has 388 valence electrons. The van der Waals surface area contributed by atoms with Gasteiger partial charge in [0.1, 0.15) is 67.1 Å². The number of aliphatic carboxylic acids is 1. The van der Waals surface area contributed by atoms with Crippen molar-refractivity contribution in [3.8, 4) is 0 Å². The summed E-state index contributed by atoms with van der Waals surface area (Å²) in [6.45, 7) is 10.4. The maximum Gasteiger partial charge on any atom is 0.315 e. The normalized spacial score (nSPS) is 54.8. The Balaban J connectivity index is 0.997. The molecule has 8 aliphatic rings. The van der Waals surface area contributed by atoms with Crippen molar-refractivity contribution in [2.24, 2.45) is 50.2 Å². The summed E-state index contributed by atoms with van der Waals surface area (Å²) in [5.41, 5.74) is -2.99. The van der Waals surface area contributed by atoms with Gasteiger partial charge in [0.2, 0.25) is 6.29 Å². The molecule has 8 rings (SSSR count). The van der Waals surface area contributed by atoms with Gasteiger partial charge in [-0.25, -0.2) is 0 Å². The minimum absolute atomic E-state index is 0.0829. The van der Waals surface area contributed by atoms with E-state index < -0.39 is 151 Å². The summed E-state index contributed by atoms with van der Waals surface area (Å²) in [6, 6.07) is 0. The quantitative estimate of drug-likeness (QED) is 0.0942. The fourth-order valence-corrected chi connectivity index (χ4v) is 14.9. The number of hydrogen-bond donors (Lipinski definition) is 12. The molecule has 68 heavy (non-hydrogen) atoms. The molecule has 0 aromatic carbocycles. The number of carbonyl (C=O) groups excluding carboxylic acids is 1. The van der Waals surface area contributed by atoms with E-state index in [0.29, 0.717) is 25.7 Å². The molecule has 7 fully saturated rings. The van der Waals surface area contributed by atoms with E-state index in [-0.39, 0.29) is 48.5 Å². The largest absolute Gasteiger partial charge is 0.481 e. The van der Waals surface area contributed by atoms with Crippen LogP contribution in [0.4, 0.5) is 0 Å². The van der Waals surface area contributed by atoms with Crippen molar-refractivity contribution in [2.45, 2.75) is 204 Å². The van der Waals surface area contributed by atoms with Crippen LogP contribution >= 0.6 is 0 Å². The summed E-state index contributed by atoms with van der Waals surface area (Å²) in [5, 5.41) is 129. The third-order valence-corrected chi connectivity index (χ3v) is 19.7. The van der Waals surface area contributed by atoms with Gasteiger partial charge in [0, 0.05) is 5.41 Å². The van der Waals surface area contributed by atoms with Gasteiger partial charge in [0.05, 0.1) is 42.9 Å². The second-order valence-corrected chi connectivity index (χ2v) is 23.0. The van der Waals surface area contributed by atoms with Gasteiger partial charge in [-0.1, -0.05) is 39.3 Å². The number of hydrogen-bond acceptors (Lipinski definition) is 19. The minimum atomic E-state index is -1.93. The molecule has 0 amide bonds. The highest BCUT2D eigenvalue weighted by Crippen LogP contribution is 2.76. The zero-order valence-corrected chi connectivity index (χ0v) is 39.9. The van der Waals surface area contributed by atoms with Gasteiger partial charge in [-0.05, 0) is 112 Å². The molecule has 3 aliphatic heterocycles. The lowest BCUT2D eigenvalue weighted by Crippen LogP contribution is -2.66. The highest BCUT2D eigenvalue weighted by molar-refractivity contribution is 5.81. The Morgan fingerprint density at radius 1 is 0.691 bits per heavy atom. The molecule has 4 saturated carbocycles. The molecule has 12 N–H and O–H groups in total. The van der Waals surface area contributed by atoms with E-state index in [1.54, 1.807) is 6.92 Å². The standard InChI is InChI=1S/C48H76O20/c1-21-29(52)31(54)34(57)39(64-21)67-37-24(18-49)65-38(36(59)33(37)56)63-19-25-30(53)32(55)35(58)40(66-25)68-42(62)48-15-13-43(2,41(60)61)17-23(48)22-7-8-27-44(3)11-10-28(51)45(4,20-50)26(44)9-12-47(27,6)46(22,5)14-16-48/h7,21,23-40,49-59H,8-20H2,1-6H3,(H,60,61)/t21-,23-,24-,25-,26-,27-,28+,29-,30-,31+,32+,33-,34-,35-,36-,37-,38-,39+,40+,43-,44+,45+,46-,47+,48+/m0/s1. The van der Waals surface area contributed by atoms with Crippen molar-refractivity contribution in [1.29, 1.82) is 0 Å². The number of rotatable bonds is 10. The molecule has 3 heterocycles. The molecule has 3 saturated heterocycles. The number of carboxylic acid groups (broad SMARTS) is 1. The third kappa shape index (κ3) is 7.94. The first-order chi connectivity index (χ1) is 31.8. The van der Waals surface area contributed by atoms with Gasteiger partial charge in [0.25, 0.3) is 0 Å². The van der Waals surface area contributed by atoms with E-state index >= 15 is 0 Å². The van der Waals surface area contributed by atoms with Crippen molar-refractivity contribution in [2.75, 3.05) is 19.8 Å². The summed E-state index contributed by atoms with van der Waals surface area (Å²) in [7, 11) is 0. The molecule has 0 unspecified atom stereocenters. The molecule has 0 radical (unpaired) electrons. The van der Waals surface area contributed by atoms with Crippen molar-refractivity contribution < 1.29 is 99.3 Å². The van der Waals surface area contributed by atoms with Gasteiger partial charge >= 0.3 is 11.9 Å². The highest BCUT2D eigenvalue weighted by Gasteiger charge is 2.71. The van der Waals surface area contributed by atoms with E-state index in [0.717, 1.165) is 24.8 Å². The van der Waals surface area contributed by atoms with Crippen LogP contribution < -0.4 is 0 Å². The predicted octanol–water partition coefficient (Wildman–Crippen LogP) is -0.795. The van der Waals surface area contributed by atoms with E-state index in [1.807, 2.05) is 6.92 Å². The molecule has 25 atom stereocenters. The molecule has 0 spiro atoms. The number of esters is 1. The van der Waals surface area contributed by atoms with Crippen LogP contribution in [0.25, 0.3) is 0 Å². The van der Waals surface area contributed by atoms with Crippen LogP contribution in [0.5, 0.6) is 0 Å². The molecule has 0 aromatic rings. The molecule has 20 heteroatoms.